The number of carboxylic acids is 1. The van der Waals surface area contributed by atoms with Gasteiger partial charge in [0.25, 0.3) is 10.2 Å². The van der Waals surface area contributed by atoms with Crippen molar-refractivity contribution in [2.45, 2.75) is 19.9 Å². The third-order valence-electron chi connectivity index (χ3n) is 1.84. The van der Waals surface area contributed by atoms with Crippen molar-refractivity contribution in [3.63, 3.8) is 0 Å². The van der Waals surface area contributed by atoms with E-state index in [2.05, 4.69) is 9.44 Å². The molecule has 0 aliphatic heterocycles. The molecule has 0 unspecified atom stereocenters. The largest absolute Gasteiger partial charge is 0.478 e. The van der Waals surface area contributed by atoms with Crippen LogP contribution in [0.25, 0.3) is 0 Å². The maximum atomic E-state index is 11.6. The molecule has 0 spiro atoms. The number of nitrogens with one attached hydrogen (secondary N) is 2. The average Bonchev–Trinajstić information content (AvgIpc) is 2.18. The highest BCUT2D eigenvalue weighted by Gasteiger charge is 2.14. The van der Waals surface area contributed by atoms with E-state index in [1.54, 1.807) is 13.8 Å². The van der Waals surface area contributed by atoms with Crippen molar-refractivity contribution in [3.8, 4) is 0 Å². The van der Waals surface area contributed by atoms with Crippen molar-refractivity contribution in [1.29, 1.82) is 0 Å². The zero-order valence-corrected chi connectivity index (χ0v) is 11.3. The molecule has 100 valence electrons. The highest BCUT2D eigenvalue weighted by Crippen LogP contribution is 2.21. The molecule has 3 N–H and O–H groups in total. The van der Waals surface area contributed by atoms with Gasteiger partial charge in [0.05, 0.1) is 16.3 Å². The number of hydrogen-bond acceptors (Lipinski definition) is 3. The molecule has 8 heteroatoms. The van der Waals surface area contributed by atoms with Gasteiger partial charge in [-0.15, -0.1) is 0 Å². The molecule has 0 heterocycles. The monoisotopic (exact) mass is 292 g/mol. The molecule has 0 saturated heterocycles. The van der Waals surface area contributed by atoms with Gasteiger partial charge in [0.15, 0.2) is 0 Å². The summed E-state index contributed by atoms with van der Waals surface area (Å²) in [5.41, 5.74) is -0.0358. The van der Waals surface area contributed by atoms with Gasteiger partial charge in [-0.2, -0.15) is 13.1 Å². The van der Waals surface area contributed by atoms with Crippen LogP contribution in [0, 0.1) is 0 Å². The highest BCUT2D eigenvalue weighted by molar-refractivity contribution is 7.90. The van der Waals surface area contributed by atoms with E-state index in [4.69, 9.17) is 16.7 Å². The zero-order chi connectivity index (χ0) is 13.9. The standard InChI is InChI=1S/C10H13ClN2O4S/c1-6(2)12-18(16,17)13-7-3-4-9(11)8(5-7)10(14)15/h3-6,12-13H,1-2H3,(H,14,15). The van der Waals surface area contributed by atoms with Gasteiger partial charge in [-0.1, -0.05) is 11.6 Å². The number of halogens is 1. The summed E-state index contributed by atoms with van der Waals surface area (Å²) < 4.78 is 27.7. The van der Waals surface area contributed by atoms with Crippen molar-refractivity contribution in [2.75, 3.05) is 4.72 Å². The molecule has 0 aromatic heterocycles. The van der Waals surface area contributed by atoms with Gasteiger partial charge >= 0.3 is 5.97 Å². The normalized spacial score (nSPS) is 11.6. The van der Waals surface area contributed by atoms with E-state index in [1.165, 1.54) is 12.1 Å². The topological polar surface area (TPSA) is 95.5 Å². The maximum Gasteiger partial charge on any atom is 0.337 e. The average molecular weight is 293 g/mol. The van der Waals surface area contributed by atoms with Crippen molar-refractivity contribution in [2.24, 2.45) is 0 Å². The molecule has 0 amide bonds. The van der Waals surface area contributed by atoms with Gasteiger partial charge in [0, 0.05) is 6.04 Å². The molecule has 0 aliphatic carbocycles. The first-order chi connectivity index (χ1) is 8.21. The van der Waals surface area contributed by atoms with Crippen LogP contribution >= 0.6 is 11.6 Å². The molecule has 1 aromatic carbocycles. The van der Waals surface area contributed by atoms with Crippen molar-refractivity contribution >= 4 is 33.5 Å². The van der Waals surface area contributed by atoms with Gasteiger partial charge in [-0.3, -0.25) is 4.72 Å². The van der Waals surface area contributed by atoms with Crippen LogP contribution in [-0.4, -0.2) is 25.5 Å². The van der Waals surface area contributed by atoms with E-state index in [0.29, 0.717) is 0 Å². The van der Waals surface area contributed by atoms with Gasteiger partial charge in [0.1, 0.15) is 0 Å². The van der Waals surface area contributed by atoms with Gasteiger partial charge in [-0.05, 0) is 32.0 Å². The fourth-order valence-corrected chi connectivity index (χ4v) is 2.56. The van der Waals surface area contributed by atoms with Crippen molar-refractivity contribution < 1.29 is 18.3 Å². The number of rotatable bonds is 5. The third kappa shape index (κ3) is 4.17. The smallest absolute Gasteiger partial charge is 0.337 e. The van der Waals surface area contributed by atoms with Crippen LogP contribution in [0.5, 0.6) is 0 Å². The molecular formula is C10H13ClN2O4S. The molecule has 18 heavy (non-hydrogen) atoms. The molecule has 0 fully saturated rings. The van der Waals surface area contributed by atoms with Crippen molar-refractivity contribution in [3.05, 3.63) is 28.8 Å². The summed E-state index contributed by atoms with van der Waals surface area (Å²) in [6.07, 6.45) is 0. The predicted octanol–water partition coefficient (Wildman–Crippen LogP) is 1.69. The van der Waals surface area contributed by atoms with E-state index in [9.17, 15) is 13.2 Å². The van der Waals surface area contributed by atoms with E-state index >= 15 is 0 Å². The highest BCUT2D eigenvalue weighted by atomic mass is 35.5. The lowest BCUT2D eigenvalue weighted by Gasteiger charge is -2.12. The summed E-state index contributed by atoms with van der Waals surface area (Å²) >= 11 is 5.67. The number of carboxylic acid groups (broad SMARTS) is 1. The summed E-state index contributed by atoms with van der Waals surface area (Å²) in [6, 6.07) is 3.59. The number of carbonyl (C=O) groups is 1. The minimum absolute atomic E-state index is 0.0438. The lowest BCUT2D eigenvalue weighted by atomic mass is 10.2. The summed E-state index contributed by atoms with van der Waals surface area (Å²) in [5, 5.41) is 8.90. The molecule has 0 radical (unpaired) electrons. The van der Waals surface area contributed by atoms with E-state index in [0.717, 1.165) is 6.07 Å². The summed E-state index contributed by atoms with van der Waals surface area (Å²) in [7, 11) is -3.73. The fraction of sp³-hybridized carbons (Fsp3) is 0.300. The van der Waals surface area contributed by atoms with Crippen LogP contribution in [0.3, 0.4) is 0 Å². The van der Waals surface area contributed by atoms with Crippen LogP contribution in [0.15, 0.2) is 18.2 Å². The minimum Gasteiger partial charge on any atom is -0.478 e. The Morgan fingerprint density at radius 3 is 2.50 bits per heavy atom. The second kappa shape index (κ2) is 5.55. The first-order valence-corrected chi connectivity index (χ1v) is 6.90. The second-order valence-electron chi connectivity index (χ2n) is 3.88. The quantitative estimate of drug-likeness (QED) is 0.769. The SMILES string of the molecule is CC(C)NS(=O)(=O)Nc1ccc(Cl)c(C(=O)O)c1. The third-order valence-corrected chi connectivity index (χ3v) is 3.46. The Hall–Kier alpha value is -1.31. The molecule has 0 saturated carbocycles. The Bertz CT molecular complexity index is 557. The molecule has 0 bridgehead atoms. The molecule has 1 aromatic rings. The van der Waals surface area contributed by atoms with E-state index in [1.807, 2.05) is 0 Å². The number of benzene rings is 1. The van der Waals surface area contributed by atoms with Crippen LogP contribution in [0.4, 0.5) is 5.69 Å². The Kier molecular flexibility index (Phi) is 4.55. The molecular weight excluding hydrogens is 280 g/mol. The minimum atomic E-state index is -3.73. The lowest BCUT2D eigenvalue weighted by molar-refractivity contribution is 0.0697. The fourth-order valence-electron chi connectivity index (χ4n) is 1.25. The lowest BCUT2D eigenvalue weighted by Crippen LogP contribution is -2.35. The first-order valence-electron chi connectivity index (χ1n) is 5.04. The predicted molar refractivity (Wildman–Crippen MR) is 69.2 cm³/mol. The van der Waals surface area contributed by atoms with Crippen LogP contribution in [-0.2, 0) is 10.2 Å². The van der Waals surface area contributed by atoms with E-state index < -0.39 is 16.2 Å². The number of aromatic carboxylic acids is 1. The molecule has 0 atom stereocenters. The first kappa shape index (κ1) is 14.7. The zero-order valence-electron chi connectivity index (χ0n) is 9.77. The van der Waals surface area contributed by atoms with Crippen LogP contribution in [0.1, 0.15) is 24.2 Å². The van der Waals surface area contributed by atoms with Gasteiger partial charge < -0.3 is 5.11 Å². The molecule has 1 rings (SSSR count). The molecule has 0 aliphatic rings. The number of hydrogen-bond donors (Lipinski definition) is 3. The van der Waals surface area contributed by atoms with Crippen molar-refractivity contribution in [1.82, 2.24) is 4.72 Å². The molecule has 6 nitrogen and oxygen atoms in total. The van der Waals surface area contributed by atoms with E-state index in [-0.39, 0.29) is 22.3 Å². The van der Waals surface area contributed by atoms with Crippen LogP contribution in [0.2, 0.25) is 5.02 Å². The van der Waals surface area contributed by atoms with Gasteiger partial charge in [0.2, 0.25) is 0 Å². The van der Waals surface area contributed by atoms with Crippen LogP contribution < -0.4 is 9.44 Å². The van der Waals surface area contributed by atoms with Gasteiger partial charge in [-0.25, -0.2) is 4.79 Å². The summed E-state index contributed by atoms with van der Waals surface area (Å²) in [6.45, 7) is 3.34. The Morgan fingerprint density at radius 1 is 1.39 bits per heavy atom. The summed E-state index contributed by atoms with van der Waals surface area (Å²) in [4.78, 5) is 10.8. The summed E-state index contributed by atoms with van der Waals surface area (Å²) in [5.74, 6) is -1.22. The Labute approximate surface area is 110 Å². The maximum absolute atomic E-state index is 11.6. The Balaban J connectivity index is 2.99. The Morgan fingerprint density at radius 2 is 2.00 bits per heavy atom. The number of anilines is 1. The second-order valence-corrected chi connectivity index (χ2v) is 5.73.